The molecule has 1 saturated carbocycles. The van der Waals surface area contributed by atoms with Crippen LogP contribution in [-0.2, 0) is 9.53 Å². The Hall–Kier alpha value is -1.10. The molecule has 0 radical (unpaired) electrons. The van der Waals surface area contributed by atoms with Crippen LogP contribution >= 0.6 is 11.6 Å². The van der Waals surface area contributed by atoms with Gasteiger partial charge in [0, 0.05) is 29.7 Å². The van der Waals surface area contributed by atoms with Crippen molar-refractivity contribution in [2.75, 3.05) is 19.7 Å². The fourth-order valence-electron chi connectivity index (χ4n) is 2.66. The van der Waals surface area contributed by atoms with E-state index in [1.807, 2.05) is 31.2 Å². The van der Waals surface area contributed by atoms with E-state index in [9.17, 15) is 4.79 Å². The second-order valence-electron chi connectivity index (χ2n) is 5.83. The van der Waals surface area contributed by atoms with Gasteiger partial charge in [-0.3, -0.25) is 9.69 Å². The molecule has 1 amide bonds. The minimum atomic E-state index is -0.125. The maximum atomic E-state index is 12.2. The normalized spacial score (nSPS) is 24.6. The van der Waals surface area contributed by atoms with E-state index >= 15 is 0 Å². The van der Waals surface area contributed by atoms with Gasteiger partial charge in [-0.2, -0.15) is 0 Å². The second kappa shape index (κ2) is 6.34. The van der Waals surface area contributed by atoms with Gasteiger partial charge >= 0.3 is 0 Å². The van der Waals surface area contributed by atoms with Crippen molar-refractivity contribution in [2.24, 2.45) is 0 Å². The van der Waals surface area contributed by atoms with E-state index in [1.54, 1.807) is 0 Å². The molecule has 4 nitrogen and oxygen atoms in total. The van der Waals surface area contributed by atoms with Crippen LogP contribution in [0.3, 0.4) is 0 Å². The third-order valence-corrected chi connectivity index (χ3v) is 4.55. The van der Waals surface area contributed by atoms with E-state index in [0.29, 0.717) is 19.2 Å². The van der Waals surface area contributed by atoms with Gasteiger partial charge in [-0.05, 0) is 25.8 Å². The van der Waals surface area contributed by atoms with Crippen molar-refractivity contribution in [3.8, 4) is 0 Å². The highest BCUT2D eigenvalue weighted by atomic mass is 35.5. The first-order chi connectivity index (χ1) is 10.1. The molecule has 1 aliphatic heterocycles. The molecule has 0 spiro atoms. The van der Waals surface area contributed by atoms with Crippen LogP contribution in [0.25, 0.3) is 0 Å². The zero-order valence-corrected chi connectivity index (χ0v) is 13.0. The Morgan fingerprint density at radius 2 is 2.19 bits per heavy atom. The van der Waals surface area contributed by atoms with Crippen molar-refractivity contribution in [1.29, 1.82) is 0 Å². The summed E-state index contributed by atoms with van der Waals surface area (Å²) < 4.78 is 5.84. The summed E-state index contributed by atoms with van der Waals surface area (Å²) in [5.41, 5.74) is 0.999. The summed E-state index contributed by atoms with van der Waals surface area (Å²) in [6.45, 7) is 4.06. The molecule has 5 heteroatoms. The number of halogens is 1. The van der Waals surface area contributed by atoms with Crippen molar-refractivity contribution < 1.29 is 9.53 Å². The number of amides is 1. The van der Waals surface area contributed by atoms with Gasteiger partial charge in [-0.25, -0.2) is 0 Å². The van der Waals surface area contributed by atoms with Crippen LogP contribution in [0.1, 0.15) is 31.4 Å². The standard InChI is InChI=1S/C16H21ClN2O2/c1-11(16(20)18-12-6-7-12)19-8-9-21-15(10-19)13-4-2-3-5-14(13)17/h2-5,11-12,15H,6-10H2,1H3,(H,18,20)/t11-,15-/m1/s1. The van der Waals surface area contributed by atoms with Crippen molar-refractivity contribution in [2.45, 2.75) is 38.0 Å². The third-order valence-electron chi connectivity index (χ3n) is 4.20. The summed E-state index contributed by atoms with van der Waals surface area (Å²) >= 11 is 6.25. The fraction of sp³-hybridized carbons (Fsp3) is 0.562. The molecule has 2 atom stereocenters. The van der Waals surface area contributed by atoms with Crippen molar-refractivity contribution in [3.63, 3.8) is 0 Å². The summed E-state index contributed by atoms with van der Waals surface area (Å²) in [6.07, 6.45) is 2.16. The average Bonchev–Trinajstić information content (AvgIpc) is 3.31. The minimum absolute atomic E-state index is 0.0661. The SMILES string of the molecule is C[C@H](C(=O)NC1CC1)N1CCO[C@@H](c2ccccc2Cl)C1. The highest BCUT2D eigenvalue weighted by molar-refractivity contribution is 6.31. The Bertz CT molecular complexity index is 519. The van der Waals surface area contributed by atoms with Gasteiger partial charge in [0.15, 0.2) is 0 Å². The lowest BCUT2D eigenvalue weighted by Crippen LogP contribution is -2.50. The molecule has 0 aromatic heterocycles. The molecule has 0 bridgehead atoms. The quantitative estimate of drug-likeness (QED) is 0.928. The van der Waals surface area contributed by atoms with Crippen LogP contribution in [0, 0.1) is 0 Å². The number of carbonyl (C=O) groups excluding carboxylic acids is 1. The molecule has 1 N–H and O–H groups in total. The summed E-state index contributed by atoms with van der Waals surface area (Å²) in [5, 5.41) is 3.79. The first-order valence-electron chi connectivity index (χ1n) is 7.55. The molecule has 1 aliphatic carbocycles. The first kappa shape index (κ1) is 14.8. The van der Waals surface area contributed by atoms with E-state index < -0.39 is 0 Å². The largest absolute Gasteiger partial charge is 0.371 e. The number of morpholine rings is 1. The van der Waals surface area contributed by atoms with Crippen molar-refractivity contribution >= 4 is 17.5 Å². The summed E-state index contributed by atoms with van der Waals surface area (Å²) in [7, 11) is 0. The molecule has 21 heavy (non-hydrogen) atoms. The lowest BCUT2D eigenvalue weighted by atomic mass is 10.1. The number of hydrogen-bond donors (Lipinski definition) is 1. The third kappa shape index (κ3) is 3.57. The Morgan fingerprint density at radius 1 is 1.43 bits per heavy atom. The van der Waals surface area contributed by atoms with Crippen molar-refractivity contribution in [3.05, 3.63) is 34.9 Å². The summed E-state index contributed by atoms with van der Waals surface area (Å²) in [4.78, 5) is 14.4. The maximum Gasteiger partial charge on any atom is 0.237 e. The van der Waals surface area contributed by atoms with Crippen LogP contribution in [0.5, 0.6) is 0 Å². The Labute approximate surface area is 130 Å². The molecule has 0 unspecified atom stereocenters. The van der Waals surface area contributed by atoms with Crippen LogP contribution < -0.4 is 5.32 Å². The summed E-state index contributed by atoms with van der Waals surface area (Å²) in [6, 6.07) is 8.03. The smallest absolute Gasteiger partial charge is 0.237 e. The molecule has 1 saturated heterocycles. The highest BCUT2D eigenvalue weighted by Gasteiger charge is 2.32. The summed E-state index contributed by atoms with van der Waals surface area (Å²) in [5.74, 6) is 0.123. The zero-order chi connectivity index (χ0) is 14.8. The Balaban J connectivity index is 1.64. The van der Waals surface area contributed by atoms with Crippen molar-refractivity contribution in [1.82, 2.24) is 10.2 Å². The van der Waals surface area contributed by atoms with E-state index in [1.165, 1.54) is 0 Å². The number of hydrogen-bond acceptors (Lipinski definition) is 3. The molecule has 2 fully saturated rings. The number of nitrogens with one attached hydrogen (secondary N) is 1. The number of carbonyl (C=O) groups is 1. The maximum absolute atomic E-state index is 12.2. The molecular weight excluding hydrogens is 288 g/mol. The number of benzene rings is 1. The first-order valence-corrected chi connectivity index (χ1v) is 7.93. The Morgan fingerprint density at radius 3 is 2.90 bits per heavy atom. The van der Waals surface area contributed by atoms with E-state index in [2.05, 4.69) is 10.2 Å². The van der Waals surface area contributed by atoms with Gasteiger partial charge in [0.2, 0.25) is 5.91 Å². The minimum Gasteiger partial charge on any atom is -0.371 e. The zero-order valence-electron chi connectivity index (χ0n) is 12.2. The van der Waals surface area contributed by atoms with Crippen LogP contribution in [-0.4, -0.2) is 42.6 Å². The van der Waals surface area contributed by atoms with Gasteiger partial charge in [0.25, 0.3) is 0 Å². The van der Waals surface area contributed by atoms with Gasteiger partial charge < -0.3 is 10.1 Å². The fourth-order valence-corrected chi connectivity index (χ4v) is 2.92. The molecule has 1 heterocycles. The van der Waals surface area contributed by atoms with Crippen LogP contribution in [0.2, 0.25) is 5.02 Å². The van der Waals surface area contributed by atoms with Gasteiger partial charge in [0.1, 0.15) is 0 Å². The average molecular weight is 309 g/mol. The Kier molecular flexibility index (Phi) is 4.48. The predicted molar refractivity (Wildman–Crippen MR) is 82.3 cm³/mol. The number of rotatable bonds is 4. The predicted octanol–water partition coefficient (Wildman–Crippen LogP) is 2.38. The highest BCUT2D eigenvalue weighted by Crippen LogP contribution is 2.29. The molecule has 1 aromatic rings. The van der Waals surface area contributed by atoms with Gasteiger partial charge in [-0.1, -0.05) is 29.8 Å². The lowest BCUT2D eigenvalue weighted by Gasteiger charge is -2.36. The number of ether oxygens (including phenoxy) is 1. The molecule has 3 rings (SSSR count). The van der Waals surface area contributed by atoms with E-state index in [-0.39, 0.29) is 18.1 Å². The lowest BCUT2D eigenvalue weighted by molar-refractivity contribution is -0.129. The molecule has 114 valence electrons. The molecular formula is C16H21ClN2O2. The van der Waals surface area contributed by atoms with Gasteiger partial charge in [-0.15, -0.1) is 0 Å². The molecule has 2 aliphatic rings. The number of nitrogens with zero attached hydrogens (tertiary/aromatic N) is 1. The van der Waals surface area contributed by atoms with Crippen LogP contribution in [0.15, 0.2) is 24.3 Å². The van der Waals surface area contributed by atoms with E-state index in [0.717, 1.165) is 30.0 Å². The second-order valence-corrected chi connectivity index (χ2v) is 6.24. The van der Waals surface area contributed by atoms with E-state index in [4.69, 9.17) is 16.3 Å². The van der Waals surface area contributed by atoms with Crippen LogP contribution in [0.4, 0.5) is 0 Å². The molecule has 1 aromatic carbocycles. The topological polar surface area (TPSA) is 41.6 Å². The monoisotopic (exact) mass is 308 g/mol. The van der Waals surface area contributed by atoms with Gasteiger partial charge in [0.05, 0.1) is 18.8 Å².